The third-order valence-electron chi connectivity index (χ3n) is 5.40. The minimum absolute atomic E-state index is 0.0716. The van der Waals surface area contributed by atoms with Crippen molar-refractivity contribution in [1.29, 1.82) is 0 Å². The van der Waals surface area contributed by atoms with Crippen LogP contribution in [-0.2, 0) is 17.6 Å². The van der Waals surface area contributed by atoms with E-state index in [-0.39, 0.29) is 11.8 Å². The highest BCUT2D eigenvalue weighted by molar-refractivity contribution is 7.19. The lowest BCUT2D eigenvalue weighted by atomic mass is 9.96. The number of amides is 1. The number of thiophene rings is 1. The molecule has 1 atom stereocenters. The van der Waals surface area contributed by atoms with E-state index in [1.54, 1.807) is 6.33 Å². The molecular weight excluding hydrogens is 332 g/mol. The van der Waals surface area contributed by atoms with Gasteiger partial charge >= 0.3 is 0 Å². The fourth-order valence-electron chi connectivity index (χ4n) is 4.07. The van der Waals surface area contributed by atoms with Crippen LogP contribution in [0.3, 0.4) is 0 Å². The number of hydrogen-bond acceptors (Lipinski definition) is 5. The van der Waals surface area contributed by atoms with Gasteiger partial charge in [0.15, 0.2) is 0 Å². The smallest absolute Gasteiger partial charge is 0.224 e. The summed E-state index contributed by atoms with van der Waals surface area (Å²) in [7, 11) is 0. The summed E-state index contributed by atoms with van der Waals surface area (Å²) in [6, 6.07) is 0. The van der Waals surface area contributed by atoms with E-state index in [0.29, 0.717) is 0 Å². The molecule has 1 aliphatic carbocycles. The summed E-state index contributed by atoms with van der Waals surface area (Å²) in [5, 5.41) is 4.36. The number of hydrogen-bond donors (Lipinski definition) is 1. The third kappa shape index (κ3) is 3.24. The Kier molecular flexibility index (Phi) is 4.88. The zero-order valence-corrected chi connectivity index (χ0v) is 15.7. The van der Waals surface area contributed by atoms with Crippen LogP contribution in [0.15, 0.2) is 6.33 Å². The minimum atomic E-state index is 0.0716. The normalized spacial score (nSPS) is 20.0. The van der Waals surface area contributed by atoms with Gasteiger partial charge in [0, 0.05) is 24.5 Å². The molecule has 134 valence electrons. The standard InChI is InChI=1S/C19H26N4OS/c1-2-3-9-20-18(24)13-6-5-10-23(11-13)17-16-14-7-4-8-15(14)25-19(16)22-12-21-17/h12-13H,2-11H2,1H3,(H,20,24). The average molecular weight is 359 g/mol. The zero-order valence-electron chi connectivity index (χ0n) is 14.9. The van der Waals surface area contributed by atoms with Gasteiger partial charge in [-0.1, -0.05) is 13.3 Å². The van der Waals surface area contributed by atoms with Crippen LogP contribution >= 0.6 is 11.3 Å². The van der Waals surface area contributed by atoms with Crippen molar-refractivity contribution in [3.05, 3.63) is 16.8 Å². The number of rotatable bonds is 5. The van der Waals surface area contributed by atoms with Crippen molar-refractivity contribution in [1.82, 2.24) is 15.3 Å². The maximum atomic E-state index is 12.5. The maximum Gasteiger partial charge on any atom is 0.224 e. The summed E-state index contributed by atoms with van der Waals surface area (Å²) in [6.45, 7) is 4.69. The first-order valence-electron chi connectivity index (χ1n) is 9.55. The summed E-state index contributed by atoms with van der Waals surface area (Å²) < 4.78 is 0. The van der Waals surface area contributed by atoms with Gasteiger partial charge in [0.05, 0.1) is 11.3 Å². The minimum Gasteiger partial charge on any atom is -0.356 e. The SMILES string of the molecule is CCCCNC(=O)C1CCCN(c2ncnc3sc4c(c23)CCC4)C1. The van der Waals surface area contributed by atoms with E-state index in [1.165, 1.54) is 28.7 Å². The molecule has 4 rings (SSSR count). The second-order valence-electron chi connectivity index (χ2n) is 7.16. The van der Waals surface area contributed by atoms with Gasteiger partial charge in [-0.25, -0.2) is 9.97 Å². The number of anilines is 1. The molecule has 2 aromatic rings. The average Bonchev–Trinajstić information content (AvgIpc) is 3.22. The number of piperidine rings is 1. The number of carbonyl (C=O) groups is 1. The lowest BCUT2D eigenvalue weighted by molar-refractivity contribution is -0.125. The van der Waals surface area contributed by atoms with Crippen LogP contribution in [0.1, 0.15) is 49.5 Å². The molecule has 3 heterocycles. The quantitative estimate of drug-likeness (QED) is 0.833. The van der Waals surface area contributed by atoms with Gasteiger partial charge in [0.25, 0.3) is 0 Å². The molecule has 1 aliphatic heterocycles. The second-order valence-corrected chi connectivity index (χ2v) is 8.25. The molecule has 1 saturated heterocycles. The molecule has 1 N–H and O–H groups in total. The van der Waals surface area contributed by atoms with Gasteiger partial charge in [-0.3, -0.25) is 4.79 Å². The van der Waals surface area contributed by atoms with Crippen LogP contribution in [0.5, 0.6) is 0 Å². The highest BCUT2D eigenvalue weighted by atomic mass is 32.1. The molecule has 1 fully saturated rings. The monoisotopic (exact) mass is 358 g/mol. The molecule has 0 radical (unpaired) electrons. The Morgan fingerprint density at radius 3 is 3.16 bits per heavy atom. The second kappa shape index (κ2) is 7.28. The first-order valence-corrected chi connectivity index (χ1v) is 10.4. The van der Waals surface area contributed by atoms with Crippen molar-refractivity contribution in [3.8, 4) is 0 Å². The van der Waals surface area contributed by atoms with Crippen LogP contribution in [-0.4, -0.2) is 35.5 Å². The van der Waals surface area contributed by atoms with Crippen molar-refractivity contribution in [3.63, 3.8) is 0 Å². The molecule has 6 heteroatoms. The van der Waals surface area contributed by atoms with E-state index in [0.717, 1.165) is 62.4 Å². The molecule has 0 saturated carbocycles. The van der Waals surface area contributed by atoms with Crippen molar-refractivity contribution in [2.75, 3.05) is 24.5 Å². The van der Waals surface area contributed by atoms with Crippen LogP contribution in [0.25, 0.3) is 10.2 Å². The van der Waals surface area contributed by atoms with Crippen LogP contribution < -0.4 is 10.2 Å². The summed E-state index contributed by atoms with van der Waals surface area (Å²) in [5.74, 6) is 1.33. The fourth-order valence-corrected chi connectivity index (χ4v) is 5.29. The van der Waals surface area contributed by atoms with Crippen molar-refractivity contribution in [2.24, 2.45) is 5.92 Å². The predicted molar refractivity (Wildman–Crippen MR) is 102 cm³/mol. The van der Waals surface area contributed by atoms with Gasteiger partial charge < -0.3 is 10.2 Å². The molecule has 0 bridgehead atoms. The highest BCUT2D eigenvalue weighted by Gasteiger charge is 2.29. The Hall–Kier alpha value is -1.69. The third-order valence-corrected chi connectivity index (χ3v) is 6.60. The Bertz CT molecular complexity index is 772. The highest BCUT2D eigenvalue weighted by Crippen LogP contribution is 2.40. The van der Waals surface area contributed by atoms with E-state index in [1.807, 2.05) is 11.3 Å². The number of unbranched alkanes of at least 4 members (excludes halogenated alkanes) is 1. The number of nitrogens with zero attached hydrogens (tertiary/aromatic N) is 3. The van der Waals surface area contributed by atoms with Gasteiger partial charge in [0.1, 0.15) is 17.0 Å². The van der Waals surface area contributed by atoms with E-state index in [2.05, 4.69) is 27.1 Å². The predicted octanol–water partition coefficient (Wildman–Crippen LogP) is 3.31. The molecule has 2 aromatic heterocycles. The number of fused-ring (bicyclic) bond motifs is 3. The molecule has 0 aromatic carbocycles. The summed E-state index contributed by atoms with van der Waals surface area (Å²) in [6.07, 6.45) is 9.44. The van der Waals surface area contributed by atoms with E-state index in [9.17, 15) is 4.79 Å². The Morgan fingerprint density at radius 1 is 1.36 bits per heavy atom. The van der Waals surface area contributed by atoms with E-state index in [4.69, 9.17) is 0 Å². The largest absolute Gasteiger partial charge is 0.356 e. The number of aromatic nitrogens is 2. The van der Waals surface area contributed by atoms with Crippen LogP contribution in [0, 0.1) is 5.92 Å². The molecular formula is C19H26N4OS. The van der Waals surface area contributed by atoms with Crippen LogP contribution in [0.4, 0.5) is 5.82 Å². The van der Waals surface area contributed by atoms with E-state index < -0.39 is 0 Å². The maximum absolute atomic E-state index is 12.5. The first-order chi connectivity index (χ1) is 12.3. The van der Waals surface area contributed by atoms with Crippen molar-refractivity contribution in [2.45, 2.75) is 51.9 Å². The summed E-state index contributed by atoms with van der Waals surface area (Å²) in [4.78, 5) is 26.6. The molecule has 25 heavy (non-hydrogen) atoms. The van der Waals surface area contributed by atoms with Crippen molar-refractivity contribution < 1.29 is 4.79 Å². The summed E-state index contributed by atoms with van der Waals surface area (Å²) in [5.41, 5.74) is 1.46. The lowest BCUT2D eigenvalue weighted by Crippen LogP contribution is -2.43. The van der Waals surface area contributed by atoms with Gasteiger partial charge in [-0.05, 0) is 44.1 Å². The Morgan fingerprint density at radius 2 is 2.28 bits per heavy atom. The lowest BCUT2D eigenvalue weighted by Gasteiger charge is -2.33. The first kappa shape index (κ1) is 16.8. The molecule has 0 spiro atoms. The fraction of sp³-hybridized carbons (Fsp3) is 0.632. The molecule has 5 nitrogen and oxygen atoms in total. The van der Waals surface area contributed by atoms with Crippen molar-refractivity contribution >= 4 is 33.3 Å². The molecule has 2 aliphatic rings. The van der Waals surface area contributed by atoms with E-state index >= 15 is 0 Å². The van der Waals surface area contributed by atoms with Gasteiger partial charge in [-0.15, -0.1) is 11.3 Å². The number of aryl methyl sites for hydroxylation is 2. The summed E-state index contributed by atoms with van der Waals surface area (Å²) >= 11 is 1.83. The number of nitrogens with one attached hydrogen (secondary N) is 1. The number of carbonyl (C=O) groups excluding carboxylic acids is 1. The molecule has 1 amide bonds. The Balaban J connectivity index is 1.56. The van der Waals surface area contributed by atoms with Crippen LogP contribution in [0.2, 0.25) is 0 Å². The zero-order chi connectivity index (χ0) is 17.2. The topological polar surface area (TPSA) is 58.1 Å². The molecule has 1 unspecified atom stereocenters. The van der Waals surface area contributed by atoms with Gasteiger partial charge in [0.2, 0.25) is 5.91 Å². The van der Waals surface area contributed by atoms with Gasteiger partial charge in [-0.2, -0.15) is 0 Å². The Labute approximate surface area is 152 Å².